The lowest BCUT2D eigenvalue weighted by Gasteiger charge is -2.44. The standard InChI is InChI=1S/C13H20N4O3/c1-13(2)12(19)16(3)5-6-17(13)8-9-4-7-20-10(9)11(18)15-14/h4,7H,5-6,8,14H2,1-3H3,(H,15,18). The number of nitrogens with one attached hydrogen (secondary N) is 1. The van der Waals surface area contributed by atoms with Crippen molar-refractivity contribution >= 4 is 11.8 Å². The third-order valence-corrected chi connectivity index (χ3v) is 3.81. The largest absolute Gasteiger partial charge is 0.459 e. The first-order valence-corrected chi connectivity index (χ1v) is 6.46. The van der Waals surface area contributed by atoms with Gasteiger partial charge in [-0.05, 0) is 19.9 Å². The van der Waals surface area contributed by atoms with Crippen molar-refractivity contribution in [3.05, 3.63) is 23.7 Å². The van der Waals surface area contributed by atoms with Crippen molar-refractivity contribution in [2.45, 2.75) is 25.9 Å². The van der Waals surface area contributed by atoms with E-state index in [1.54, 1.807) is 18.0 Å². The van der Waals surface area contributed by atoms with E-state index >= 15 is 0 Å². The van der Waals surface area contributed by atoms with Crippen LogP contribution in [0.4, 0.5) is 0 Å². The van der Waals surface area contributed by atoms with Crippen LogP contribution in [0.3, 0.4) is 0 Å². The maximum Gasteiger partial charge on any atom is 0.301 e. The van der Waals surface area contributed by atoms with Crippen LogP contribution in [0.5, 0.6) is 0 Å². The summed E-state index contributed by atoms with van der Waals surface area (Å²) in [5.74, 6) is 4.91. The number of carbonyl (C=O) groups excluding carboxylic acids is 2. The fraction of sp³-hybridized carbons (Fsp3) is 0.538. The van der Waals surface area contributed by atoms with Gasteiger partial charge in [0.05, 0.1) is 11.8 Å². The number of nitrogens with two attached hydrogens (primary N) is 1. The summed E-state index contributed by atoms with van der Waals surface area (Å²) in [6.45, 7) is 5.63. The highest BCUT2D eigenvalue weighted by Crippen LogP contribution is 2.25. The van der Waals surface area contributed by atoms with Crippen LogP contribution in [0.1, 0.15) is 30.0 Å². The van der Waals surface area contributed by atoms with Crippen LogP contribution >= 0.6 is 0 Å². The molecule has 110 valence electrons. The molecule has 20 heavy (non-hydrogen) atoms. The number of nitrogens with zero attached hydrogens (tertiary/aromatic N) is 2. The molecule has 1 aromatic rings. The Morgan fingerprint density at radius 3 is 2.85 bits per heavy atom. The normalized spacial score (nSPS) is 19.2. The van der Waals surface area contributed by atoms with Crippen molar-refractivity contribution in [1.29, 1.82) is 0 Å². The van der Waals surface area contributed by atoms with Gasteiger partial charge in [0.25, 0.3) is 0 Å². The molecule has 1 aliphatic heterocycles. The Balaban J connectivity index is 2.20. The number of hydrogen-bond acceptors (Lipinski definition) is 5. The van der Waals surface area contributed by atoms with Gasteiger partial charge in [-0.1, -0.05) is 0 Å². The summed E-state index contributed by atoms with van der Waals surface area (Å²) in [5.41, 5.74) is 2.17. The molecular weight excluding hydrogens is 260 g/mol. The van der Waals surface area contributed by atoms with Crippen molar-refractivity contribution in [2.24, 2.45) is 5.84 Å². The molecule has 7 nitrogen and oxygen atoms in total. The molecule has 2 heterocycles. The Morgan fingerprint density at radius 2 is 2.20 bits per heavy atom. The van der Waals surface area contributed by atoms with Crippen LogP contribution < -0.4 is 11.3 Å². The van der Waals surface area contributed by atoms with Crippen LogP contribution in [0.15, 0.2) is 16.7 Å². The maximum absolute atomic E-state index is 12.2. The molecule has 1 fully saturated rings. The monoisotopic (exact) mass is 280 g/mol. The van der Waals surface area contributed by atoms with Gasteiger partial charge in [0.2, 0.25) is 5.91 Å². The zero-order chi connectivity index (χ0) is 14.9. The molecule has 3 N–H and O–H groups in total. The van der Waals surface area contributed by atoms with Crippen LogP contribution in [0.25, 0.3) is 0 Å². The number of amides is 2. The Morgan fingerprint density at radius 1 is 1.50 bits per heavy atom. The molecule has 1 saturated heterocycles. The predicted octanol–water partition coefficient (Wildman–Crippen LogP) is -0.0643. The van der Waals surface area contributed by atoms with Crippen molar-refractivity contribution in [3.63, 3.8) is 0 Å². The molecule has 0 bridgehead atoms. The van der Waals surface area contributed by atoms with Gasteiger partial charge in [0.1, 0.15) is 0 Å². The van der Waals surface area contributed by atoms with Crippen molar-refractivity contribution in [2.75, 3.05) is 20.1 Å². The minimum Gasteiger partial charge on any atom is -0.459 e. The van der Waals surface area contributed by atoms with Crippen molar-refractivity contribution < 1.29 is 14.0 Å². The van der Waals surface area contributed by atoms with Gasteiger partial charge in [0.15, 0.2) is 5.76 Å². The highest BCUT2D eigenvalue weighted by Gasteiger charge is 2.40. The minimum absolute atomic E-state index is 0.0667. The number of nitrogen functional groups attached to an aromatic ring is 1. The maximum atomic E-state index is 12.2. The Hall–Kier alpha value is -1.86. The average molecular weight is 280 g/mol. The number of rotatable bonds is 3. The van der Waals surface area contributed by atoms with Crippen LogP contribution in [-0.4, -0.2) is 47.3 Å². The fourth-order valence-corrected chi connectivity index (χ4v) is 2.46. The van der Waals surface area contributed by atoms with Gasteiger partial charge in [0, 0.05) is 32.2 Å². The average Bonchev–Trinajstić information content (AvgIpc) is 2.87. The highest BCUT2D eigenvalue weighted by molar-refractivity contribution is 5.92. The Bertz CT molecular complexity index is 523. The SMILES string of the molecule is CN1CCN(Cc2ccoc2C(=O)NN)C(C)(C)C1=O. The zero-order valence-corrected chi connectivity index (χ0v) is 12.0. The number of furan rings is 1. The van der Waals surface area contributed by atoms with Crippen LogP contribution in [0.2, 0.25) is 0 Å². The number of carbonyl (C=O) groups is 2. The van der Waals surface area contributed by atoms with Crippen LogP contribution in [0, 0.1) is 0 Å². The lowest BCUT2D eigenvalue weighted by Crippen LogP contribution is -2.61. The van der Waals surface area contributed by atoms with E-state index in [-0.39, 0.29) is 11.7 Å². The molecule has 0 unspecified atom stereocenters. The predicted molar refractivity (Wildman–Crippen MR) is 72.5 cm³/mol. The van der Waals surface area contributed by atoms with E-state index < -0.39 is 11.4 Å². The number of likely N-dealkylation sites (N-methyl/N-ethyl adjacent to an activating group) is 1. The first kappa shape index (κ1) is 14.5. The number of hydrogen-bond donors (Lipinski definition) is 2. The molecule has 0 saturated carbocycles. The van der Waals surface area contributed by atoms with E-state index in [2.05, 4.69) is 5.43 Å². The van der Waals surface area contributed by atoms with E-state index in [1.165, 1.54) is 6.26 Å². The fourth-order valence-electron chi connectivity index (χ4n) is 2.46. The first-order chi connectivity index (χ1) is 9.37. The smallest absolute Gasteiger partial charge is 0.301 e. The van der Waals surface area contributed by atoms with E-state index in [0.717, 1.165) is 12.1 Å². The second-order valence-corrected chi connectivity index (χ2v) is 5.46. The molecule has 7 heteroatoms. The van der Waals surface area contributed by atoms with Crippen molar-refractivity contribution in [3.8, 4) is 0 Å². The zero-order valence-electron chi connectivity index (χ0n) is 12.0. The van der Waals surface area contributed by atoms with Crippen LogP contribution in [-0.2, 0) is 11.3 Å². The quantitative estimate of drug-likeness (QED) is 0.459. The summed E-state index contributed by atoms with van der Waals surface area (Å²) in [5, 5.41) is 0. The molecule has 0 aromatic carbocycles. The third-order valence-electron chi connectivity index (χ3n) is 3.81. The third kappa shape index (κ3) is 2.41. The molecule has 0 spiro atoms. The number of hydrazine groups is 1. The summed E-state index contributed by atoms with van der Waals surface area (Å²) in [7, 11) is 1.80. The topological polar surface area (TPSA) is 91.8 Å². The van der Waals surface area contributed by atoms with Gasteiger partial charge in [-0.3, -0.25) is 19.9 Å². The summed E-state index contributed by atoms with van der Waals surface area (Å²) in [4.78, 5) is 27.6. The Labute approximate surface area is 117 Å². The summed E-state index contributed by atoms with van der Waals surface area (Å²) >= 11 is 0. The van der Waals surface area contributed by atoms with E-state index in [9.17, 15) is 9.59 Å². The van der Waals surface area contributed by atoms with Gasteiger partial charge in [-0.2, -0.15) is 0 Å². The molecular formula is C13H20N4O3. The lowest BCUT2D eigenvalue weighted by atomic mass is 9.97. The second kappa shape index (κ2) is 5.26. The van der Waals surface area contributed by atoms with E-state index in [0.29, 0.717) is 13.1 Å². The van der Waals surface area contributed by atoms with E-state index in [4.69, 9.17) is 10.3 Å². The minimum atomic E-state index is -0.610. The van der Waals surface area contributed by atoms with Gasteiger partial charge < -0.3 is 9.32 Å². The van der Waals surface area contributed by atoms with E-state index in [1.807, 2.05) is 18.7 Å². The summed E-state index contributed by atoms with van der Waals surface area (Å²) < 4.78 is 5.16. The summed E-state index contributed by atoms with van der Waals surface area (Å²) in [6.07, 6.45) is 1.45. The first-order valence-electron chi connectivity index (χ1n) is 6.46. The molecule has 2 rings (SSSR count). The molecule has 0 radical (unpaired) electrons. The molecule has 2 amide bonds. The van der Waals surface area contributed by atoms with Gasteiger partial charge in [-0.25, -0.2) is 5.84 Å². The lowest BCUT2D eigenvalue weighted by molar-refractivity contribution is -0.147. The molecule has 1 aliphatic rings. The van der Waals surface area contributed by atoms with Crippen molar-refractivity contribution in [1.82, 2.24) is 15.2 Å². The number of piperazine rings is 1. The summed E-state index contributed by atoms with van der Waals surface area (Å²) in [6, 6.07) is 1.73. The second-order valence-electron chi connectivity index (χ2n) is 5.46. The highest BCUT2D eigenvalue weighted by atomic mass is 16.3. The molecule has 0 aliphatic carbocycles. The Kier molecular flexibility index (Phi) is 3.82. The van der Waals surface area contributed by atoms with Gasteiger partial charge >= 0.3 is 5.91 Å². The molecule has 1 aromatic heterocycles. The molecule has 0 atom stereocenters. The van der Waals surface area contributed by atoms with Gasteiger partial charge in [-0.15, -0.1) is 0 Å².